The molecule has 0 aliphatic rings. The fraction of sp³-hybridized carbons (Fsp3) is 0.438. The van der Waals surface area contributed by atoms with E-state index in [1.807, 2.05) is 6.07 Å². The van der Waals surface area contributed by atoms with Crippen molar-refractivity contribution < 1.29 is 9.26 Å². The minimum Gasteiger partial charge on any atom is -0.468 e. The van der Waals surface area contributed by atoms with E-state index in [9.17, 15) is 0 Å². The molecule has 0 spiro atoms. The van der Waals surface area contributed by atoms with Crippen LogP contribution in [0.3, 0.4) is 0 Å². The second-order valence-electron chi connectivity index (χ2n) is 7.13. The summed E-state index contributed by atoms with van der Waals surface area (Å²) in [6.07, 6.45) is 1.48. The van der Waals surface area contributed by atoms with Gasteiger partial charge in [-0.05, 0) is 5.41 Å². The zero-order valence-corrected chi connectivity index (χ0v) is 15.7. The predicted molar refractivity (Wildman–Crippen MR) is 92.8 cm³/mol. The second kappa shape index (κ2) is 6.11. The number of fused-ring (bicyclic) bond motifs is 1. The van der Waals surface area contributed by atoms with Crippen LogP contribution in [0.5, 0.6) is 5.88 Å². The van der Waals surface area contributed by atoms with Crippen LogP contribution >= 0.6 is 0 Å². The van der Waals surface area contributed by atoms with Crippen LogP contribution in [-0.2, 0) is 19.1 Å². The molecule has 140 valence electrons. The summed E-state index contributed by atoms with van der Waals surface area (Å²) in [5.41, 5.74) is 1.35. The van der Waals surface area contributed by atoms with Gasteiger partial charge in [-0.1, -0.05) is 25.9 Å². The van der Waals surface area contributed by atoms with E-state index in [2.05, 4.69) is 56.3 Å². The van der Waals surface area contributed by atoms with Gasteiger partial charge in [-0.25, -0.2) is 4.98 Å². The van der Waals surface area contributed by atoms with Crippen LogP contribution in [0.2, 0.25) is 0 Å². The largest absolute Gasteiger partial charge is 0.468 e. The lowest BCUT2D eigenvalue weighted by Crippen LogP contribution is -2.15. The maximum Gasteiger partial charge on any atom is 0.242 e. The van der Waals surface area contributed by atoms with Crippen LogP contribution in [-0.4, -0.2) is 44.7 Å². The fourth-order valence-corrected chi connectivity index (χ4v) is 2.60. The number of nitrogens with zero attached hydrogens (tertiary/aromatic N) is 9. The molecule has 4 heterocycles. The van der Waals surface area contributed by atoms with Gasteiger partial charge >= 0.3 is 0 Å². The van der Waals surface area contributed by atoms with Crippen LogP contribution in [0.4, 0.5) is 0 Å². The molecule has 0 saturated heterocycles. The molecule has 0 N–H and O–H groups in total. The highest BCUT2D eigenvalue weighted by Gasteiger charge is 2.25. The van der Waals surface area contributed by atoms with E-state index in [1.54, 1.807) is 23.2 Å². The van der Waals surface area contributed by atoms with Crippen molar-refractivity contribution in [2.75, 3.05) is 0 Å². The van der Waals surface area contributed by atoms with Gasteiger partial charge in [-0.3, -0.25) is 4.68 Å². The van der Waals surface area contributed by atoms with Gasteiger partial charge in [-0.2, -0.15) is 14.6 Å². The van der Waals surface area contributed by atoms with Crippen molar-refractivity contribution in [2.45, 2.75) is 39.7 Å². The first kappa shape index (κ1) is 17.1. The van der Waals surface area contributed by atoms with Crippen LogP contribution in [0.15, 0.2) is 16.9 Å². The first-order chi connectivity index (χ1) is 12.8. The zero-order chi connectivity index (χ0) is 19.2. The van der Waals surface area contributed by atoms with Gasteiger partial charge < -0.3 is 9.26 Å². The third-order valence-corrected chi connectivity index (χ3v) is 4.04. The van der Waals surface area contributed by atoms with E-state index in [0.29, 0.717) is 34.9 Å². The smallest absolute Gasteiger partial charge is 0.242 e. The second-order valence-corrected chi connectivity index (χ2v) is 7.13. The molecule has 4 aromatic rings. The van der Waals surface area contributed by atoms with E-state index in [1.165, 1.54) is 6.33 Å². The van der Waals surface area contributed by atoms with E-state index < -0.39 is 0 Å². The number of hydrogen-bond donors (Lipinski definition) is 0. The molecule has 0 saturated carbocycles. The predicted octanol–water partition coefficient (Wildman–Crippen LogP) is 1.49. The number of aryl methyl sites for hydroxylation is 2. The summed E-state index contributed by atoms with van der Waals surface area (Å²) in [6.45, 7) is 8.20. The Bertz CT molecular complexity index is 1100. The quantitative estimate of drug-likeness (QED) is 0.526. The van der Waals surface area contributed by atoms with Gasteiger partial charge in [0, 0.05) is 25.6 Å². The Balaban J connectivity index is 1.80. The van der Waals surface area contributed by atoms with Crippen LogP contribution in [0.1, 0.15) is 38.0 Å². The molecule has 11 nitrogen and oxygen atoms in total. The van der Waals surface area contributed by atoms with E-state index in [0.717, 1.165) is 5.56 Å². The zero-order valence-electron chi connectivity index (χ0n) is 15.7. The summed E-state index contributed by atoms with van der Waals surface area (Å²) in [7, 11) is 1.80. The molecule has 0 radical (unpaired) electrons. The molecule has 0 aliphatic heterocycles. The third kappa shape index (κ3) is 3.11. The minimum absolute atomic E-state index is 0.204. The molecule has 0 atom stereocenters. The lowest BCUT2D eigenvalue weighted by Gasteiger charge is -2.20. The van der Waals surface area contributed by atoms with Gasteiger partial charge in [0.2, 0.25) is 23.4 Å². The van der Waals surface area contributed by atoms with Gasteiger partial charge in [0.15, 0.2) is 11.5 Å². The summed E-state index contributed by atoms with van der Waals surface area (Å²) in [5.74, 6) is 2.24. The Morgan fingerprint density at radius 2 is 2.04 bits per heavy atom. The number of hydrogen-bond acceptors (Lipinski definition) is 9. The average Bonchev–Trinajstić information content (AvgIpc) is 3.31. The highest BCUT2D eigenvalue weighted by Crippen LogP contribution is 2.29. The lowest BCUT2D eigenvalue weighted by molar-refractivity contribution is 0.273. The summed E-state index contributed by atoms with van der Waals surface area (Å²) in [6, 6.07) is 1.87. The van der Waals surface area contributed by atoms with Gasteiger partial charge in [-0.15, -0.1) is 15.3 Å². The Morgan fingerprint density at radius 1 is 1.22 bits per heavy atom. The summed E-state index contributed by atoms with van der Waals surface area (Å²) < 4.78 is 14.1. The maximum atomic E-state index is 5.87. The van der Waals surface area contributed by atoms with E-state index in [-0.39, 0.29) is 12.0 Å². The van der Waals surface area contributed by atoms with E-state index in [4.69, 9.17) is 9.26 Å². The first-order valence-corrected chi connectivity index (χ1v) is 8.36. The average molecular weight is 369 g/mol. The highest BCUT2D eigenvalue weighted by molar-refractivity contribution is 5.57. The molecule has 4 rings (SSSR count). The Labute approximate surface area is 154 Å². The number of rotatable bonds is 4. The SMILES string of the molecule is Cc1nc(-c2nnc3c(C(C)(C)C)cc(OCc4ncnn4C)nn23)no1. The topological polar surface area (TPSA) is 122 Å². The van der Waals surface area contributed by atoms with Crippen LogP contribution in [0, 0.1) is 6.92 Å². The molecule has 0 unspecified atom stereocenters. The third-order valence-electron chi connectivity index (χ3n) is 4.04. The number of aromatic nitrogens is 9. The fourth-order valence-electron chi connectivity index (χ4n) is 2.60. The van der Waals surface area contributed by atoms with Crippen molar-refractivity contribution in [3.8, 4) is 17.5 Å². The van der Waals surface area contributed by atoms with Crippen molar-refractivity contribution in [3.05, 3.63) is 29.7 Å². The van der Waals surface area contributed by atoms with Crippen molar-refractivity contribution in [3.63, 3.8) is 0 Å². The van der Waals surface area contributed by atoms with Gasteiger partial charge in [0.25, 0.3) is 0 Å². The Hall–Kier alpha value is -3.37. The molecule has 27 heavy (non-hydrogen) atoms. The summed E-state index contributed by atoms with van der Waals surface area (Å²) in [5, 5.41) is 21.0. The molecule has 0 bridgehead atoms. The molecule has 0 aromatic carbocycles. The molecule has 0 fully saturated rings. The Morgan fingerprint density at radius 3 is 2.67 bits per heavy atom. The standard InChI is InChI=1S/C16H19N9O2/c1-9-19-13(23-27-9)15-21-20-14-10(16(2,3)4)6-12(22-25(14)15)26-7-11-17-8-18-24(11)5/h6,8H,7H2,1-5H3. The van der Waals surface area contributed by atoms with E-state index >= 15 is 0 Å². The molecule has 11 heteroatoms. The molecular formula is C16H19N9O2. The normalized spacial score (nSPS) is 12.0. The summed E-state index contributed by atoms with van der Waals surface area (Å²) >= 11 is 0. The monoisotopic (exact) mass is 369 g/mol. The highest BCUT2D eigenvalue weighted by atomic mass is 16.5. The van der Waals surface area contributed by atoms with Crippen molar-refractivity contribution in [2.24, 2.45) is 7.05 Å². The molecule has 0 aliphatic carbocycles. The van der Waals surface area contributed by atoms with Crippen molar-refractivity contribution in [1.29, 1.82) is 0 Å². The van der Waals surface area contributed by atoms with Gasteiger partial charge in [0.05, 0.1) is 0 Å². The number of ether oxygens (including phenoxy) is 1. The lowest BCUT2D eigenvalue weighted by atomic mass is 9.88. The molecular weight excluding hydrogens is 350 g/mol. The van der Waals surface area contributed by atoms with Crippen LogP contribution < -0.4 is 4.74 Å². The first-order valence-electron chi connectivity index (χ1n) is 8.36. The maximum absolute atomic E-state index is 5.87. The summed E-state index contributed by atoms with van der Waals surface area (Å²) in [4.78, 5) is 8.38. The van der Waals surface area contributed by atoms with Crippen molar-refractivity contribution >= 4 is 5.65 Å². The van der Waals surface area contributed by atoms with Gasteiger partial charge in [0.1, 0.15) is 12.9 Å². The minimum atomic E-state index is -0.204. The van der Waals surface area contributed by atoms with Crippen molar-refractivity contribution in [1.82, 2.24) is 44.7 Å². The van der Waals surface area contributed by atoms with Crippen LogP contribution in [0.25, 0.3) is 17.3 Å². The molecule has 4 aromatic heterocycles. The molecule has 0 amide bonds. The Kier molecular flexibility index (Phi) is 3.86.